The second-order valence-corrected chi connectivity index (χ2v) is 8.34. The van der Waals surface area contributed by atoms with E-state index in [2.05, 4.69) is 4.74 Å². The largest absolute Gasteiger partial charge is 0.480 e. The van der Waals surface area contributed by atoms with Crippen molar-refractivity contribution in [3.8, 4) is 0 Å². The van der Waals surface area contributed by atoms with Crippen molar-refractivity contribution in [1.82, 2.24) is 4.31 Å². The highest BCUT2D eigenvalue weighted by molar-refractivity contribution is 7.89. The van der Waals surface area contributed by atoms with Gasteiger partial charge in [0.25, 0.3) is 0 Å². The molecule has 25 heavy (non-hydrogen) atoms. The minimum atomic E-state index is -4.14. The Morgan fingerprint density at radius 2 is 1.88 bits per heavy atom. The first-order valence-corrected chi connectivity index (χ1v) is 9.75. The SMILES string of the molecule is COC(=O)c1ccccc1S(=O)(=O)N1C(C(=O)O)CC2CCCCC21. The first kappa shape index (κ1) is 17.9. The van der Waals surface area contributed by atoms with Gasteiger partial charge in [-0.2, -0.15) is 4.31 Å². The molecule has 3 rings (SSSR count). The van der Waals surface area contributed by atoms with Crippen molar-refractivity contribution in [3.63, 3.8) is 0 Å². The van der Waals surface area contributed by atoms with Gasteiger partial charge in [0.15, 0.2) is 0 Å². The lowest BCUT2D eigenvalue weighted by molar-refractivity contribution is -0.141. The molecular weight excluding hydrogens is 346 g/mol. The van der Waals surface area contributed by atoms with E-state index in [-0.39, 0.29) is 22.4 Å². The molecule has 7 nitrogen and oxygen atoms in total. The molecule has 136 valence electrons. The Balaban J connectivity index is 2.09. The molecule has 8 heteroatoms. The number of hydrogen-bond donors (Lipinski definition) is 1. The lowest BCUT2D eigenvalue weighted by Crippen LogP contribution is -2.46. The van der Waals surface area contributed by atoms with E-state index in [1.54, 1.807) is 6.07 Å². The fourth-order valence-corrected chi connectivity index (χ4v) is 6.11. The number of hydrogen-bond acceptors (Lipinski definition) is 5. The third kappa shape index (κ3) is 3.04. The lowest BCUT2D eigenvalue weighted by atomic mass is 9.85. The second-order valence-electron chi connectivity index (χ2n) is 6.52. The number of esters is 1. The Morgan fingerprint density at radius 3 is 2.56 bits per heavy atom. The summed E-state index contributed by atoms with van der Waals surface area (Å²) in [5.74, 6) is -1.85. The van der Waals surface area contributed by atoms with Crippen molar-refractivity contribution >= 4 is 22.0 Å². The predicted octanol–water partition coefficient (Wildman–Crippen LogP) is 1.88. The number of carboxylic acids is 1. The minimum absolute atomic E-state index is 0.0508. The zero-order valence-corrected chi connectivity index (χ0v) is 14.7. The molecule has 1 aliphatic heterocycles. The van der Waals surface area contributed by atoms with Gasteiger partial charge in [-0.15, -0.1) is 0 Å². The third-order valence-electron chi connectivity index (χ3n) is 5.16. The van der Waals surface area contributed by atoms with Gasteiger partial charge in [-0.05, 0) is 37.3 Å². The first-order chi connectivity index (χ1) is 11.9. The van der Waals surface area contributed by atoms with Crippen molar-refractivity contribution < 1.29 is 27.9 Å². The average Bonchev–Trinajstić information content (AvgIpc) is 3.01. The Morgan fingerprint density at radius 1 is 1.20 bits per heavy atom. The molecule has 2 fully saturated rings. The fourth-order valence-electron chi connectivity index (χ4n) is 4.06. The van der Waals surface area contributed by atoms with Crippen LogP contribution in [0.5, 0.6) is 0 Å². The van der Waals surface area contributed by atoms with Crippen LogP contribution in [0.15, 0.2) is 29.2 Å². The second kappa shape index (κ2) is 6.76. The smallest absolute Gasteiger partial charge is 0.339 e. The maximum absolute atomic E-state index is 13.3. The summed E-state index contributed by atoms with van der Waals surface area (Å²) in [6.07, 6.45) is 3.66. The van der Waals surface area contributed by atoms with E-state index in [0.29, 0.717) is 12.8 Å². The van der Waals surface area contributed by atoms with Gasteiger partial charge in [0.1, 0.15) is 6.04 Å². The number of benzene rings is 1. The molecule has 1 N–H and O–H groups in total. The van der Waals surface area contributed by atoms with Crippen molar-refractivity contribution in [2.24, 2.45) is 5.92 Å². The number of aliphatic carboxylic acids is 1. The molecule has 1 aliphatic carbocycles. The van der Waals surface area contributed by atoms with Crippen LogP contribution in [0.2, 0.25) is 0 Å². The average molecular weight is 367 g/mol. The number of methoxy groups -OCH3 is 1. The van der Waals surface area contributed by atoms with Crippen molar-refractivity contribution in [2.45, 2.75) is 49.1 Å². The molecule has 0 amide bonds. The number of fused-ring (bicyclic) bond motifs is 1. The molecule has 1 heterocycles. The molecule has 0 bridgehead atoms. The number of carbonyl (C=O) groups is 2. The molecule has 0 aromatic heterocycles. The molecule has 1 saturated carbocycles. The normalized spacial score (nSPS) is 26.8. The van der Waals surface area contributed by atoms with E-state index in [1.807, 2.05) is 0 Å². The topological polar surface area (TPSA) is 101 Å². The van der Waals surface area contributed by atoms with Gasteiger partial charge in [0.2, 0.25) is 10.0 Å². The summed E-state index contributed by atoms with van der Waals surface area (Å²) in [6.45, 7) is 0. The van der Waals surface area contributed by atoms with Crippen LogP contribution in [0.4, 0.5) is 0 Å². The van der Waals surface area contributed by atoms with Gasteiger partial charge in [-0.3, -0.25) is 4.79 Å². The molecule has 0 spiro atoms. The van der Waals surface area contributed by atoms with Crippen LogP contribution in [0, 0.1) is 5.92 Å². The molecule has 1 aromatic rings. The van der Waals surface area contributed by atoms with Gasteiger partial charge < -0.3 is 9.84 Å². The number of ether oxygens (including phenoxy) is 1. The molecule has 0 radical (unpaired) electrons. The third-order valence-corrected chi connectivity index (χ3v) is 7.15. The quantitative estimate of drug-likeness (QED) is 0.816. The predicted molar refractivity (Wildman–Crippen MR) is 88.6 cm³/mol. The Labute approximate surface area is 146 Å². The van der Waals surface area contributed by atoms with Crippen LogP contribution < -0.4 is 0 Å². The first-order valence-electron chi connectivity index (χ1n) is 8.31. The van der Waals surface area contributed by atoms with E-state index < -0.39 is 28.0 Å². The number of rotatable bonds is 4. The number of sulfonamides is 1. The van der Waals surface area contributed by atoms with Gasteiger partial charge in [-0.25, -0.2) is 13.2 Å². The summed E-state index contributed by atoms with van der Waals surface area (Å²) in [5, 5.41) is 9.57. The van der Waals surface area contributed by atoms with Crippen molar-refractivity contribution in [3.05, 3.63) is 29.8 Å². The molecule has 3 unspecified atom stereocenters. The maximum atomic E-state index is 13.3. The van der Waals surface area contributed by atoms with E-state index in [0.717, 1.165) is 23.6 Å². The van der Waals surface area contributed by atoms with E-state index in [1.165, 1.54) is 25.3 Å². The van der Waals surface area contributed by atoms with E-state index in [9.17, 15) is 23.1 Å². The molecule has 3 atom stereocenters. The van der Waals surface area contributed by atoms with Gasteiger partial charge >= 0.3 is 11.9 Å². The van der Waals surface area contributed by atoms with Crippen LogP contribution in [-0.4, -0.2) is 49.0 Å². The highest BCUT2D eigenvalue weighted by Gasteiger charge is 2.51. The zero-order valence-electron chi connectivity index (χ0n) is 13.9. The summed E-state index contributed by atoms with van der Waals surface area (Å²) in [5.41, 5.74) is -0.0756. The Kier molecular flexibility index (Phi) is 4.83. The molecule has 1 aromatic carbocycles. The van der Waals surface area contributed by atoms with E-state index >= 15 is 0 Å². The standard InChI is InChI=1S/C17H21NO6S/c1-24-17(21)12-7-3-5-9-15(12)25(22,23)18-13-8-4-2-6-11(13)10-14(18)16(19)20/h3,5,7,9,11,13-14H,2,4,6,8,10H2,1H3,(H,19,20). The van der Waals surface area contributed by atoms with Crippen molar-refractivity contribution in [1.29, 1.82) is 0 Å². The Hall–Kier alpha value is -1.93. The zero-order chi connectivity index (χ0) is 18.2. The van der Waals surface area contributed by atoms with Crippen LogP contribution in [0.1, 0.15) is 42.5 Å². The van der Waals surface area contributed by atoms with Gasteiger partial charge in [-0.1, -0.05) is 25.0 Å². The van der Waals surface area contributed by atoms with Crippen LogP contribution in [-0.2, 0) is 19.6 Å². The van der Waals surface area contributed by atoms with Gasteiger partial charge in [0.05, 0.1) is 17.6 Å². The number of carbonyl (C=O) groups excluding carboxylic acids is 1. The molecular formula is C17H21NO6S. The fraction of sp³-hybridized carbons (Fsp3) is 0.529. The summed E-state index contributed by atoms with van der Waals surface area (Å²) in [6, 6.07) is 4.35. The highest BCUT2D eigenvalue weighted by Crippen LogP contribution is 2.43. The Bertz CT molecular complexity index is 790. The van der Waals surface area contributed by atoms with Crippen LogP contribution in [0.25, 0.3) is 0 Å². The number of nitrogens with zero attached hydrogens (tertiary/aromatic N) is 1. The summed E-state index contributed by atoms with van der Waals surface area (Å²) >= 11 is 0. The number of carboxylic acid groups (broad SMARTS) is 1. The monoisotopic (exact) mass is 367 g/mol. The minimum Gasteiger partial charge on any atom is -0.480 e. The molecule has 2 aliphatic rings. The van der Waals surface area contributed by atoms with Gasteiger partial charge in [0, 0.05) is 6.04 Å². The van der Waals surface area contributed by atoms with Crippen LogP contribution >= 0.6 is 0 Å². The van der Waals surface area contributed by atoms with Crippen LogP contribution in [0.3, 0.4) is 0 Å². The summed E-state index contributed by atoms with van der Waals surface area (Å²) < 4.78 is 32.4. The summed E-state index contributed by atoms with van der Waals surface area (Å²) in [7, 11) is -2.96. The van der Waals surface area contributed by atoms with E-state index in [4.69, 9.17) is 0 Å². The lowest BCUT2D eigenvalue weighted by Gasteiger charge is -2.32. The molecule has 1 saturated heterocycles. The van der Waals surface area contributed by atoms with Crippen molar-refractivity contribution in [2.75, 3.05) is 7.11 Å². The highest BCUT2D eigenvalue weighted by atomic mass is 32.2. The maximum Gasteiger partial charge on any atom is 0.339 e. The summed E-state index contributed by atoms with van der Waals surface area (Å²) in [4.78, 5) is 23.5.